The molecule has 0 saturated heterocycles. The first-order chi connectivity index (χ1) is 9.10. The number of oxazole rings is 1. The number of carbonyl (C=O) groups excluding carboxylic acids is 1. The van der Waals surface area contributed by atoms with Gasteiger partial charge in [-0.1, -0.05) is 6.07 Å². The number of amides is 1. The van der Waals surface area contributed by atoms with Crippen LogP contribution in [0.3, 0.4) is 0 Å². The molecule has 0 spiro atoms. The summed E-state index contributed by atoms with van der Waals surface area (Å²) in [7, 11) is 1.71. The highest BCUT2D eigenvalue weighted by Gasteiger charge is 2.08. The molecule has 0 unspecified atom stereocenters. The molecule has 2 aromatic rings. The van der Waals surface area contributed by atoms with E-state index in [1.54, 1.807) is 11.9 Å². The number of aromatic nitrogens is 1. The summed E-state index contributed by atoms with van der Waals surface area (Å²) >= 11 is 0. The summed E-state index contributed by atoms with van der Waals surface area (Å²) in [4.78, 5) is 17.3. The number of hydrogen-bond donors (Lipinski definition) is 0. The topological polar surface area (TPSA) is 70.1 Å². The number of aryl methyl sites for hydroxylation is 1. The van der Waals surface area contributed by atoms with Gasteiger partial charge in [0.15, 0.2) is 11.5 Å². The molecule has 0 bridgehead atoms. The van der Waals surface area contributed by atoms with E-state index in [9.17, 15) is 4.79 Å². The first-order valence-electron chi connectivity index (χ1n) is 6.07. The second-order valence-corrected chi connectivity index (χ2v) is 4.44. The van der Waals surface area contributed by atoms with Crippen LogP contribution < -0.4 is 0 Å². The molecule has 98 valence electrons. The van der Waals surface area contributed by atoms with Gasteiger partial charge in [0.25, 0.3) is 0 Å². The molecule has 0 fully saturated rings. The summed E-state index contributed by atoms with van der Waals surface area (Å²) in [5.74, 6) is 0.493. The van der Waals surface area contributed by atoms with Crippen molar-refractivity contribution in [1.82, 2.24) is 9.88 Å². The normalized spacial score (nSPS) is 10.4. The Kier molecular flexibility index (Phi) is 3.81. The van der Waals surface area contributed by atoms with E-state index >= 15 is 0 Å². The van der Waals surface area contributed by atoms with Gasteiger partial charge in [-0.15, -0.1) is 0 Å². The van der Waals surface area contributed by atoms with Gasteiger partial charge in [-0.25, -0.2) is 4.98 Å². The van der Waals surface area contributed by atoms with Crippen LogP contribution in [0.5, 0.6) is 0 Å². The molecule has 0 saturated carbocycles. The van der Waals surface area contributed by atoms with Crippen molar-refractivity contribution < 1.29 is 9.21 Å². The van der Waals surface area contributed by atoms with Gasteiger partial charge >= 0.3 is 0 Å². The van der Waals surface area contributed by atoms with Crippen molar-refractivity contribution in [3.63, 3.8) is 0 Å². The van der Waals surface area contributed by atoms with E-state index in [0.29, 0.717) is 12.4 Å². The standard InChI is InChI=1S/C14H15N3O2/c1-10-16-12-4-3-11(9-13(12)19-10)6-8-17(2)14(18)5-7-15/h3-4,9H,5-6,8H2,1-2H3. The van der Waals surface area contributed by atoms with Crippen LogP contribution in [0.4, 0.5) is 0 Å². The number of nitriles is 1. The third-order valence-electron chi connectivity index (χ3n) is 2.95. The average Bonchev–Trinajstić information content (AvgIpc) is 2.75. The number of fused-ring (bicyclic) bond motifs is 1. The first kappa shape index (κ1) is 13.1. The van der Waals surface area contributed by atoms with Crippen molar-refractivity contribution >= 4 is 17.0 Å². The largest absolute Gasteiger partial charge is 0.441 e. The Balaban J connectivity index is 2.01. The Morgan fingerprint density at radius 3 is 3.05 bits per heavy atom. The highest BCUT2D eigenvalue weighted by Crippen LogP contribution is 2.17. The Hall–Kier alpha value is -2.35. The summed E-state index contributed by atoms with van der Waals surface area (Å²) in [5.41, 5.74) is 2.69. The minimum Gasteiger partial charge on any atom is -0.441 e. The number of nitrogens with zero attached hydrogens (tertiary/aromatic N) is 3. The van der Waals surface area contributed by atoms with Crippen molar-refractivity contribution in [2.45, 2.75) is 19.8 Å². The highest BCUT2D eigenvalue weighted by molar-refractivity contribution is 5.78. The average molecular weight is 257 g/mol. The van der Waals surface area contributed by atoms with Crippen molar-refractivity contribution in [1.29, 1.82) is 5.26 Å². The molecule has 1 amide bonds. The van der Waals surface area contributed by atoms with Gasteiger partial charge in [0.05, 0.1) is 6.07 Å². The van der Waals surface area contributed by atoms with E-state index in [0.717, 1.165) is 23.1 Å². The molecule has 19 heavy (non-hydrogen) atoms. The minimum absolute atomic E-state index is 0.0726. The van der Waals surface area contributed by atoms with Gasteiger partial charge in [-0.05, 0) is 24.1 Å². The van der Waals surface area contributed by atoms with Crippen LogP contribution >= 0.6 is 0 Å². The van der Waals surface area contributed by atoms with E-state index in [4.69, 9.17) is 9.68 Å². The molecular weight excluding hydrogens is 242 g/mol. The van der Waals surface area contributed by atoms with Crippen LogP contribution in [-0.4, -0.2) is 29.4 Å². The zero-order valence-electron chi connectivity index (χ0n) is 11.0. The lowest BCUT2D eigenvalue weighted by Crippen LogP contribution is -2.28. The van der Waals surface area contributed by atoms with E-state index in [2.05, 4.69) is 4.98 Å². The second kappa shape index (κ2) is 5.53. The van der Waals surface area contributed by atoms with Gasteiger partial charge in [0, 0.05) is 20.5 Å². The summed E-state index contributed by atoms with van der Waals surface area (Å²) in [5, 5.41) is 8.47. The van der Waals surface area contributed by atoms with Crippen LogP contribution in [0.25, 0.3) is 11.1 Å². The maximum Gasteiger partial charge on any atom is 0.236 e. The van der Waals surface area contributed by atoms with Crippen LogP contribution in [0.15, 0.2) is 22.6 Å². The summed E-state index contributed by atoms with van der Waals surface area (Å²) in [6.45, 7) is 2.40. The first-order valence-corrected chi connectivity index (χ1v) is 6.07. The Bertz CT molecular complexity index is 640. The lowest BCUT2D eigenvalue weighted by molar-refractivity contribution is -0.128. The van der Waals surface area contributed by atoms with E-state index in [-0.39, 0.29) is 12.3 Å². The van der Waals surface area contributed by atoms with Gasteiger partial charge in [0.2, 0.25) is 5.91 Å². The summed E-state index contributed by atoms with van der Waals surface area (Å²) < 4.78 is 5.47. The molecule has 5 heteroatoms. The monoisotopic (exact) mass is 257 g/mol. The lowest BCUT2D eigenvalue weighted by Gasteiger charge is -2.15. The Morgan fingerprint density at radius 1 is 1.53 bits per heavy atom. The van der Waals surface area contributed by atoms with Crippen LogP contribution in [0, 0.1) is 18.3 Å². The Labute approximate surface area is 111 Å². The quantitative estimate of drug-likeness (QED) is 0.840. The molecule has 0 aliphatic rings. The molecule has 0 aliphatic heterocycles. The van der Waals surface area contributed by atoms with Gasteiger partial charge in [0.1, 0.15) is 11.9 Å². The smallest absolute Gasteiger partial charge is 0.236 e. The zero-order valence-corrected chi connectivity index (χ0v) is 11.0. The molecule has 0 radical (unpaired) electrons. The highest BCUT2D eigenvalue weighted by atomic mass is 16.3. The fourth-order valence-electron chi connectivity index (χ4n) is 1.86. The molecule has 1 aromatic heterocycles. The third kappa shape index (κ3) is 3.10. The minimum atomic E-state index is -0.154. The predicted octanol–water partition coefficient (Wildman–Crippen LogP) is 2.05. The molecule has 2 rings (SSSR count). The number of rotatable bonds is 4. The summed E-state index contributed by atoms with van der Waals surface area (Å²) in [6, 6.07) is 7.70. The van der Waals surface area contributed by atoms with Crippen LogP contribution in [0.1, 0.15) is 17.9 Å². The van der Waals surface area contributed by atoms with Gasteiger partial charge < -0.3 is 9.32 Å². The molecule has 1 heterocycles. The third-order valence-corrected chi connectivity index (χ3v) is 2.95. The van der Waals surface area contributed by atoms with Crippen molar-refractivity contribution in [2.75, 3.05) is 13.6 Å². The van der Waals surface area contributed by atoms with Crippen LogP contribution in [0.2, 0.25) is 0 Å². The Morgan fingerprint density at radius 2 is 2.32 bits per heavy atom. The fourth-order valence-corrected chi connectivity index (χ4v) is 1.86. The van der Waals surface area contributed by atoms with E-state index in [1.165, 1.54) is 0 Å². The molecule has 5 nitrogen and oxygen atoms in total. The lowest BCUT2D eigenvalue weighted by atomic mass is 10.1. The van der Waals surface area contributed by atoms with Crippen molar-refractivity contribution in [3.05, 3.63) is 29.7 Å². The van der Waals surface area contributed by atoms with Crippen molar-refractivity contribution in [3.8, 4) is 6.07 Å². The number of hydrogen-bond acceptors (Lipinski definition) is 4. The van der Waals surface area contributed by atoms with E-state index in [1.807, 2.05) is 31.2 Å². The predicted molar refractivity (Wildman–Crippen MR) is 70.3 cm³/mol. The molecule has 1 aromatic carbocycles. The number of carbonyl (C=O) groups is 1. The molecule has 0 aliphatic carbocycles. The zero-order chi connectivity index (χ0) is 13.8. The second-order valence-electron chi connectivity index (χ2n) is 4.44. The molecular formula is C14H15N3O2. The fraction of sp³-hybridized carbons (Fsp3) is 0.357. The summed E-state index contributed by atoms with van der Waals surface area (Å²) in [6.07, 6.45) is 0.653. The van der Waals surface area contributed by atoms with E-state index < -0.39 is 0 Å². The van der Waals surface area contributed by atoms with Gasteiger partial charge in [-0.2, -0.15) is 5.26 Å². The number of benzene rings is 1. The number of likely N-dealkylation sites (N-methyl/N-ethyl adjacent to an activating group) is 1. The SMILES string of the molecule is Cc1nc2ccc(CCN(C)C(=O)CC#N)cc2o1. The maximum atomic E-state index is 11.5. The van der Waals surface area contributed by atoms with Crippen LogP contribution in [-0.2, 0) is 11.2 Å². The van der Waals surface area contributed by atoms with Crippen molar-refractivity contribution in [2.24, 2.45) is 0 Å². The van der Waals surface area contributed by atoms with Gasteiger partial charge in [-0.3, -0.25) is 4.79 Å². The molecule has 0 N–H and O–H groups in total. The maximum absolute atomic E-state index is 11.5. The molecule has 0 atom stereocenters.